The summed E-state index contributed by atoms with van der Waals surface area (Å²) in [4.78, 5) is 2.53. The molecule has 2 heterocycles. The smallest absolute Gasteiger partial charge is 0.119 e. The molecule has 3 nitrogen and oxygen atoms in total. The average molecular weight is 260 g/mol. The Labute approximate surface area is 115 Å². The van der Waals surface area contributed by atoms with Gasteiger partial charge in [0.15, 0.2) is 0 Å². The molecule has 1 aromatic rings. The van der Waals surface area contributed by atoms with Crippen molar-refractivity contribution < 1.29 is 4.74 Å². The van der Waals surface area contributed by atoms with Gasteiger partial charge in [-0.1, -0.05) is 0 Å². The number of benzene rings is 1. The maximum Gasteiger partial charge on any atom is 0.119 e. The highest BCUT2D eigenvalue weighted by atomic mass is 16.5. The van der Waals surface area contributed by atoms with Crippen LogP contribution in [-0.2, 0) is 0 Å². The summed E-state index contributed by atoms with van der Waals surface area (Å²) in [6, 6.07) is 8.58. The molecule has 1 spiro atoms. The van der Waals surface area contributed by atoms with Crippen molar-refractivity contribution >= 4 is 5.69 Å². The lowest BCUT2D eigenvalue weighted by Gasteiger charge is -2.50. The van der Waals surface area contributed by atoms with E-state index in [0.717, 1.165) is 5.75 Å². The van der Waals surface area contributed by atoms with Gasteiger partial charge >= 0.3 is 0 Å². The second-order valence-corrected chi connectivity index (χ2v) is 6.29. The van der Waals surface area contributed by atoms with Crippen LogP contribution in [0.2, 0.25) is 0 Å². The van der Waals surface area contributed by atoms with Gasteiger partial charge in [0.05, 0.1) is 6.10 Å². The number of anilines is 1. The first kappa shape index (κ1) is 12.8. The first-order valence-corrected chi connectivity index (χ1v) is 7.39. The van der Waals surface area contributed by atoms with Gasteiger partial charge in [0.2, 0.25) is 0 Å². The first-order valence-electron chi connectivity index (χ1n) is 7.39. The average Bonchev–Trinajstić information content (AvgIpc) is 2.37. The zero-order valence-electron chi connectivity index (χ0n) is 12.0. The van der Waals surface area contributed by atoms with Crippen LogP contribution in [0.15, 0.2) is 24.3 Å². The molecule has 2 aliphatic heterocycles. The van der Waals surface area contributed by atoms with Crippen molar-refractivity contribution in [1.29, 1.82) is 0 Å². The van der Waals surface area contributed by atoms with Crippen molar-refractivity contribution in [2.75, 3.05) is 31.1 Å². The largest absolute Gasteiger partial charge is 0.491 e. The van der Waals surface area contributed by atoms with E-state index in [-0.39, 0.29) is 6.10 Å². The molecule has 0 saturated carbocycles. The van der Waals surface area contributed by atoms with Crippen LogP contribution in [0.1, 0.15) is 26.7 Å². The molecule has 3 rings (SSSR count). The van der Waals surface area contributed by atoms with Gasteiger partial charge in [0.25, 0.3) is 0 Å². The monoisotopic (exact) mass is 260 g/mol. The quantitative estimate of drug-likeness (QED) is 0.904. The van der Waals surface area contributed by atoms with Gasteiger partial charge in [-0.25, -0.2) is 0 Å². The lowest BCUT2D eigenvalue weighted by molar-refractivity contribution is 0.138. The van der Waals surface area contributed by atoms with Gasteiger partial charge in [0.1, 0.15) is 5.75 Å². The molecule has 2 aliphatic rings. The molecule has 0 aliphatic carbocycles. The minimum Gasteiger partial charge on any atom is -0.491 e. The van der Waals surface area contributed by atoms with E-state index in [4.69, 9.17) is 4.74 Å². The lowest BCUT2D eigenvalue weighted by atomic mass is 9.75. The summed E-state index contributed by atoms with van der Waals surface area (Å²) in [5.41, 5.74) is 1.88. The molecule has 2 fully saturated rings. The molecule has 3 heteroatoms. The summed E-state index contributed by atoms with van der Waals surface area (Å²) in [6.07, 6.45) is 2.93. The van der Waals surface area contributed by atoms with E-state index in [0.29, 0.717) is 5.41 Å². The molecule has 0 amide bonds. The van der Waals surface area contributed by atoms with E-state index in [1.54, 1.807) is 0 Å². The van der Waals surface area contributed by atoms with Gasteiger partial charge < -0.3 is 15.0 Å². The second kappa shape index (κ2) is 5.04. The van der Waals surface area contributed by atoms with Crippen molar-refractivity contribution in [3.8, 4) is 5.75 Å². The maximum absolute atomic E-state index is 5.70. The third-order valence-corrected chi connectivity index (χ3v) is 4.24. The fraction of sp³-hybridized carbons (Fsp3) is 0.625. The van der Waals surface area contributed by atoms with E-state index in [2.05, 4.69) is 48.3 Å². The zero-order chi connectivity index (χ0) is 13.3. The number of rotatable bonds is 3. The Morgan fingerprint density at radius 2 is 1.95 bits per heavy atom. The molecule has 2 saturated heterocycles. The van der Waals surface area contributed by atoms with Gasteiger partial charge in [-0.3, -0.25) is 0 Å². The maximum atomic E-state index is 5.70. The third-order valence-electron chi connectivity index (χ3n) is 4.24. The van der Waals surface area contributed by atoms with Gasteiger partial charge in [-0.2, -0.15) is 0 Å². The zero-order valence-corrected chi connectivity index (χ0v) is 12.0. The number of hydrogen-bond donors (Lipinski definition) is 1. The van der Waals surface area contributed by atoms with E-state index in [1.165, 1.54) is 44.7 Å². The summed E-state index contributed by atoms with van der Waals surface area (Å²) in [5.74, 6) is 0.968. The van der Waals surface area contributed by atoms with Crippen LogP contribution in [0.4, 0.5) is 5.69 Å². The molecule has 19 heavy (non-hydrogen) atoms. The van der Waals surface area contributed by atoms with Crippen molar-refractivity contribution in [3.63, 3.8) is 0 Å². The van der Waals surface area contributed by atoms with Crippen LogP contribution >= 0.6 is 0 Å². The Morgan fingerprint density at radius 1 is 1.21 bits per heavy atom. The Hall–Kier alpha value is -1.22. The highest BCUT2D eigenvalue weighted by molar-refractivity contribution is 5.50. The Balaban J connectivity index is 1.68. The van der Waals surface area contributed by atoms with Gasteiger partial charge in [0, 0.05) is 37.3 Å². The minimum atomic E-state index is 0.241. The topological polar surface area (TPSA) is 24.5 Å². The molecule has 0 bridgehead atoms. The normalized spacial score (nSPS) is 21.5. The SMILES string of the molecule is CC(C)Oc1ccc(N2CCCC3(CNC3)C2)cc1. The number of hydrogen-bond acceptors (Lipinski definition) is 3. The van der Waals surface area contributed by atoms with Gasteiger partial charge in [-0.05, 0) is 51.0 Å². The minimum absolute atomic E-state index is 0.241. The Kier molecular flexibility index (Phi) is 3.40. The fourth-order valence-corrected chi connectivity index (χ4v) is 3.20. The van der Waals surface area contributed by atoms with Crippen molar-refractivity contribution in [1.82, 2.24) is 5.32 Å². The van der Waals surface area contributed by atoms with E-state index in [9.17, 15) is 0 Å². The first-order chi connectivity index (χ1) is 9.17. The summed E-state index contributed by atoms with van der Waals surface area (Å²) in [5, 5.41) is 3.43. The molecule has 0 atom stereocenters. The highest BCUT2D eigenvalue weighted by Crippen LogP contribution is 2.35. The van der Waals surface area contributed by atoms with E-state index >= 15 is 0 Å². The van der Waals surface area contributed by atoms with Crippen molar-refractivity contribution in [3.05, 3.63) is 24.3 Å². The van der Waals surface area contributed by atoms with Crippen LogP contribution in [0.5, 0.6) is 5.75 Å². The molecule has 1 N–H and O–H groups in total. The lowest BCUT2D eigenvalue weighted by Crippen LogP contribution is -2.61. The van der Waals surface area contributed by atoms with Crippen LogP contribution in [-0.4, -0.2) is 32.3 Å². The molecule has 104 valence electrons. The predicted molar refractivity (Wildman–Crippen MR) is 79.0 cm³/mol. The number of piperidine rings is 1. The van der Waals surface area contributed by atoms with Crippen LogP contribution in [0.25, 0.3) is 0 Å². The summed E-state index contributed by atoms with van der Waals surface area (Å²) >= 11 is 0. The van der Waals surface area contributed by atoms with Crippen LogP contribution in [0, 0.1) is 5.41 Å². The third kappa shape index (κ3) is 2.71. The van der Waals surface area contributed by atoms with Crippen molar-refractivity contribution in [2.45, 2.75) is 32.8 Å². The summed E-state index contributed by atoms with van der Waals surface area (Å²) in [6.45, 7) is 8.89. The number of nitrogens with zero attached hydrogens (tertiary/aromatic N) is 1. The van der Waals surface area contributed by atoms with Crippen LogP contribution < -0.4 is 15.0 Å². The molecular formula is C16H24N2O. The standard InChI is InChI=1S/C16H24N2O/c1-13(2)19-15-6-4-14(5-7-15)18-9-3-8-16(12-18)10-17-11-16/h4-7,13,17H,3,8-12H2,1-2H3. The number of nitrogens with one attached hydrogen (secondary N) is 1. The van der Waals surface area contributed by atoms with Crippen LogP contribution in [0.3, 0.4) is 0 Å². The van der Waals surface area contributed by atoms with Gasteiger partial charge in [-0.15, -0.1) is 0 Å². The predicted octanol–water partition coefficient (Wildman–Crippen LogP) is 2.66. The van der Waals surface area contributed by atoms with E-state index in [1.807, 2.05) is 0 Å². The second-order valence-electron chi connectivity index (χ2n) is 6.29. The molecule has 0 aromatic heterocycles. The Bertz CT molecular complexity index is 423. The molecule has 0 unspecified atom stereocenters. The Morgan fingerprint density at radius 3 is 2.53 bits per heavy atom. The van der Waals surface area contributed by atoms with E-state index < -0.39 is 0 Å². The van der Waals surface area contributed by atoms with Crippen molar-refractivity contribution in [2.24, 2.45) is 5.41 Å². The summed E-state index contributed by atoms with van der Waals surface area (Å²) < 4.78 is 5.70. The summed E-state index contributed by atoms with van der Waals surface area (Å²) in [7, 11) is 0. The fourth-order valence-electron chi connectivity index (χ4n) is 3.20. The highest BCUT2D eigenvalue weighted by Gasteiger charge is 2.40. The molecule has 0 radical (unpaired) electrons. The molecule has 1 aromatic carbocycles. The number of ether oxygens (including phenoxy) is 1. The molecular weight excluding hydrogens is 236 g/mol.